The monoisotopic (exact) mass is 337 g/mol. The van der Waals surface area contributed by atoms with Crippen LogP contribution < -0.4 is 10.9 Å². The molecule has 2 rings (SSSR count). The third-order valence-corrected chi connectivity index (χ3v) is 2.82. The van der Waals surface area contributed by atoms with Gasteiger partial charge in [0, 0.05) is 16.2 Å². The van der Waals surface area contributed by atoms with Gasteiger partial charge in [0.15, 0.2) is 0 Å². The second kappa shape index (κ2) is 5.70. The Bertz CT molecular complexity index is 717. The standard InChI is InChI=1S/C13H8BrNO5/c14-9-3-8(13(18)19)4-10(5-9)15-12(17)7-1-2-11(16)20-6-7/h1-6H,(H,15,17)(H,18,19). The summed E-state index contributed by atoms with van der Waals surface area (Å²) in [5.41, 5.74) is -0.0548. The van der Waals surface area contributed by atoms with Gasteiger partial charge in [-0.25, -0.2) is 9.59 Å². The normalized spacial score (nSPS) is 10.1. The van der Waals surface area contributed by atoms with Crippen molar-refractivity contribution in [1.82, 2.24) is 0 Å². The summed E-state index contributed by atoms with van der Waals surface area (Å²) in [6, 6.07) is 6.74. The number of benzene rings is 1. The molecule has 1 aromatic carbocycles. The zero-order chi connectivity index (χ0) is 14.7. The van der Waals surface area contributed by atoms with Gasteiger partial charge in [-0.15, -0.1) is 0 Å². The number of carbonyl (C=O) groups is 2. The van der Waals surface area contributed by atoms with Crippen LogP contribution in [0.1, 0.15) is 20.7 Å². The summed E-state index contributed by atoms with van der Waals surface area (Å²) in [7, 11) is 0. The number of carboxylic acid groups (broad SMARTS) is 1. The fourth-order valence-corrected chi connectivity index (χ4v) is 1.97. The highest BCUT2D eigenvalue weighted by molar-refractivity contribution is 9.10. The zero-order valence-electron chi connectivity index (χ0n) is 9.92. The number of aromatic carboxylic acids is 1. The van der Waals surface area contributed by atoms with E-state index in [1.807, 2.05) is 0 Å². The molecular formula is C13H8BrNO5. The number of carbonyl (C=O) groups excluding carboxylic acids is 1. The summed E-state index contributed by atoms with van der Waals surface area (Å²) in [4.78, 5) is 33.6. The summed E-state index contributed by atoms with van der Waals surface area (Å²) < 4.78 is 5.10. The summed E-state index contributed by atoms with van der Waals surface area (Å²) in [6.45, 7) is 0. The Morgan fingerprint density at radius 1 is 1.15 bits per heavy atom. The summed E-state index contributed by atoms with van der Waals surface area (Å²) in [5.74, 6) is -1.62. The van der Waals surface area contributed by atoms with Gasteiger partial charge in [0.2, 0.25) is 0 Å². The van der Waals surface area contributed by atoms with E-state index in [0.29, 0.717) is 10.2 Å². The number of halogens is 1. The van der Waals surface area contributed by atoms with Crippen molar-refractivity contribution < 1.29 is 19.1 Å². The van der Waals surface area contributed by atoms with E-state index >= 15 is 0 Å². The Balaban J connectivity index is 2.25. The van der Waals surface area contributed by atoms with Gasteiger partial charge in [0.1, 0.15) is 6.26 Å². The van der Waals surface area contributed by atoms with Crippen LogP contribution in [0.2, 0.25) is 0 Å². The first-order valence-electron chi connectivity index (χ1n) is 5.40. The highest BCUT2D eigenvalue weighted by Crippen LogP contribution is 2.20. The quantitative estimate of drug-likeness (QED) is 0.895. The van der Waals surface area contributed by atoms with Crippen LogP contribution in [0, 0.1) is 0 Å². The predicted octanol–water partition coefficient (Wildman–Crippen LogP) is 2.35. The molecule has 0 radical (unpaired) electrons. The van der Waals surface area contributed by atoms with Crippen LogP contribution in [-0.4, -0.2) is 17.0 Å². The molecule has 0 saturated heterocycles. The number of anilines is 1. The maximum atomic E-state index is 11.9. The molecule has 0 aliphatic carbocycles. The smallest absolute Gasteiger partial charge is 0.335 e. The van der Waals surface area contributed by atoms with E-state index in [1.54, 1.807) is 6.07 Å². The lowest BCUT2D eigenvalue weighted by molar-refractivity contribution is 0.0696. The predicted molar refractivity (Wildman–Crippen MR) is 74.0 cm³/mol. The molecule has 0 unspecified atom stereocenters. The summed E-state index contributed by atoms with van der Waals surface area (Å²) in [5, 5.41) is 11.5. The van der Waals surface area contributed by atoms with Gasteiger partial charge in [0.05, 0.1) is 11.1 Å². The molecule has 0 saturated carbocycles. The van der Waals surface area contributed by atoms with Crippen molar-refractivity contribution in [1.29, 1.82) is 0 Å². The molecule has 7 heteroatoms. The number of nitrogens with one attached hydrogen (secondary N) is 1. The van der Waals surface area contributed by atoms with Crippen molar-refractivity contribution in [2.75, 3.05) is 5.32 Å². The van der Waals surface area contributed by atoms with E-state index in [1.165, 1.54) is 18.2 Å². The molecule has 1 aromatic heterocycles. The highest BCUT2D eigenvalue weighted by atomic mass is 79.9. The second-order valence-corrected chi connectivity index (χ2v) is 4.75. The molecule has 1 amide bonds. The van der Waals surface area contributed by atoms with Crippen molar-refractivity contribution in [2.45, 2.75) is 0 Å². The molecule has 0 aliphatic heterocycles. The first kappa shape index (κ1) is 14.0. The number of hydrogen-bond donors (Lipinski definition) is 2. The lowest BCUT2D eigenvalue weighted by Gasteiger charge is -2.06. The fourth-order valence-electron chi connectivity index (χ4n) is 1.48. The van der Waals surface area contributed by atoms with Crippen molar-refractivity contribution >= 4 is 33.5 Å². The molecular weight excluding hydrogens is 330 g/mol. The Labute approximate surface area is 121 Å². The van der Waals surface area contributed by atoms with Crippen molar-refractivity contribution in [2.24, 2.45) is 0 Å². The average molecular weight is 338 g/mol. The minimum Gasteiger partial charge on any atom is -0.478 e. The maximum Gasteiger partial charge on any atom is 0.335 e. The lowest BCUT2D eigenvalue weighted by atomic mass is 10.2. The minimum atomic E-state index is -1.10. The fraction of sp³-hybridized carbons (Fsp3) is 0. The Morgan fingerprint density at radius 3 is 2.50 bits per heavy atom. The topological polar surface area (TPSA) is 96.6 Å². The molecule has 0 bridgehead atoms. The highest BCUT2D eigenvalue weighted by Gasteiger charge is 2.10. The number of carboxylic acids is 1. The molecule has 0 spiro atoms. The van der Waals surface area contributed by atoms with Crippen molar-refractivity contribution in [3.05, 3.63) is 62.6 Å². The van der Waals surface area contributed by atoms with Gasteiger partial charge in [-0.05, 0) is 24.3 Å². The third-order valence-electron chi connectivity index (χ3n) is 2.37. The largest absolute Gasteiger partial charge is 0.478 e. The van der Waals surface area contributed by atoms with Gasteiger partial charge < -0.3 is 14.8 Å². The van der Waals surface area contributed by atoms with E-state index in [4.69, 9.17) is 5.11 Å². The van der Waals surface area contributed by atoms with Gasteiger partial charge in [0.25, 0.3) is 5.91 Å². The Hall–Kier alpha value is -2.41. The third kappa shape index (κ3) is 3.33. The van der Waals surface area contributed by atoms with Crippen molar-refractivity contribution in [3.63, 3.8) is 0 Å². The Kier molecular flexibility index (Phi) is 3.99. The SMILES string of the molecule is O=C(O)c1cc(Br)cc(NC(=O)c2ccc(=O)oc2)c1. The molecule has 0 atom stereocenters. The van der Waals surface area contributed by atoms with E-state index in [-0.39, 0.29) is 11.1 Å². The molecule has 2 N–H and O–H groups in total. The summed E-state index contributed by atoms with van der Waals surface area (Å²) >= 11 is 3.16. The molecule has 102 valence electrons. The maximum absolute atomic E-state index is 11.9. The number of rotatable bonds is 3. The minimum absolute atomic E-state index is 0.0364. The van der Waals surface area contributed by atoms with Crippen molar-refractivity contribution in [3.8, 4) is 0 Å². The van der Waals surface area contributed by atoms with E-state index < -0.39 is 17.5 Å². The molecule has 20 heavy (non-hydrogen) atoms. The molecule has 0 fully saturated rings. The van der Waals surface area contributed by atoms with Crippen LogP contribution in [0.5, 0.6) is 0 Å². The van der Waals surface area contributed by atoms with Gasteiger partial charge >= 0.3 is 11.6 Å². The van der Waals surface area contributed by atoms with E-state index in [0.717, 1.165) is 12.3 Å². The molecule has 6 nitrogen and oxygen atoms in total. The lowest BCUT2D eigenvalue weighted by Crippen LogP contribution is -2.13. The first-order chi connectivity index (χ1) is 9.45. The van der Waals surface area contributed by atoms with Crippen LogP contribution in [0.25, 0.3) is 0 Å². The van der Waals surface area contributed by atoms with Crippen LogP contribution >= 0.6 is 15.9 Å². The molecule has 1 heterocycles. The number of amides is 1. The van der Waals surface area contributed by atoms with Gasteiger partial charge in [-0.2, -0.15) is 0 Å². The Morgan fingerprint density at radius 2 is 1.90 bits per heavy atom. The van der Waals surface area contributed by atoms with E-state index in [9.17, 15) is 14.4 Å². The average Bonchev–Trinajstić information content (AvgIpc) is 2.38. The summed E-state index contributed by atoms with van der Waals surface area (Å²) in [6.07, 6.45) is 1.04. The van der Waals surface area contributed by atoms with E-state index in [2.05, 4.69) is 25.7 Å². The van der Waals surface area contributed by atoms with Crippen LogP contribution in [0.4, 0.5) is 5.69 Å². The second-order valence-electron chi connectivity index (χ2n) is 3.83. The zero-order valence-corrected chi connectivity index (χ0v) is 11.5. The van der Waals surface area contributed by atoms with Gasteiger partial charge in [-0.1, -0.05) is 15.9 Å². The van der Waals surface area contributed by atoms with Crippen LogP contribution in [0.3, 0.4) is 0 Å². The number of hydrogen-bond acceptors (Lipinski definition) is 4. The van der Waals surface area contributed by atoms with Crippen LogP contribution in [0.15, 0.2) is 50.3 Å². The van der Waals surface area contributed by atoms with Crippen LogP contribution in [-0.2, 0) is 0 Å². The first-order valence-corrected chi connectivity index (χ1v) is 6.19. The molecule has 0 aliphatic rings. The van der Waals surface area contributed by atoms with Gasteiger partial charge in [-0.3, -0.25) is 4.79 Å². The molecule has 2 aromatic rings.